The number of methoxy groups -OCH3 is 2. The summed E-state index contributed by atoms with van der Waals surface area (Å²) in [5.41, 5.74) is 0.905. The van der Waals surface area contributed by atoms with Gasteiger partial charge in [-0.1, -0.05) is 0 Å². The zero-order valence-electron chi connectivity index (χ0n) is 11.6. The molecule has 0 spiro atoms. The van der Waals surface area contributed by atoms with E-state index in [4.69, 9.17) is 9.47 Å². The van der Waals surface area contributed by atoms with Crippen molar-refractivity contribution in [2.75, 3.05) is 19.5 Å². The Balaban J connectivity index is 1.94. The third-order valence-corrected chi connectivity index (χ3v) is 2.73. The normalized spacial score (nSPS) is 10.0. The number of aromatic amines is 2. The summed E-state index contributed by atoms with van der Waals surface area (Å²) in [6, 6.07) is 6.01. The third kappa shape index (κ3) is 3.78. The lowest BCUT2D eigenvalue weighted by molar-refractivity contribution is 0.251. The van der Waals surface area contributed by atoms with E-state index < -0.39 is 6.03 Å². The number of carbonyl (C=O) groups excluding carboxylic acids is 1. The highest BCUT2D eigenvalue weighted by Gasteiger charge is 2.07. The Bertz CT molecular complexity index is 677. The lowest BCUT2D eigenvalue weighted by Crippen LogP contribution is -2.28. The van der Waals surface area contributed by atoms with E-state index in [0.29, 0.717) is 22.9 Å². The molecule has 1 aromatic heterocycles. The number of rotatable bonds is 5. The molecule has 2 aromatic rings. The SMILES string of the molecule is COc1ccc(NC(=O)NCc2cc(=O)[nH][nH]2)cc1OC. The van der Waals surface area contributed by atoms with Gasteiger partial charge in [0.25, 0.3) is 5.56 Å². The highest BCUT2D eigenvalue weighted by molar-refractivity contribution is 5.89. The van der Waals surface area contributed by atoms with Crippen molar-refractivity contribution in [3.8, 4) is 11.5 Å². The number of hydrogen-bond acceptors (Lipinski definition) is 4. The second-order valence-corrected chi connectivity index (χ2v) is 4.16. The summed E-state index contributed by atoms with van der Waals surface area (Å²) in [6.07, 6.45) is 0. The lowest BCUT2D eigenvalue weighted by Gasteiger charge is -2.11. The molecule has 8 heteroatoms. The summed E-state index contributed by atoms with van der Waals surface area (Å²) in [4.78, 5) is 22.7. The zero-order valence-corrected chi connectivity index (χ0v) is 11.6. The maximum atomic E-state index is 11.8. The van der Waals surface area contributed by atoms with Crippen LogP contribution in [0.1, 0.15) is 5.69 Å². The molecule has 0 aliphatic heterocycles. The van der Waals surface area contributed by atoms with Crippen molar-refractivity contribution in [2.45, 2.75) is 6.54 Å². The average molecular weight is 292 g/mol. The van der Waals surface area contributed by atoms with E-state index in [-0.39, 0.29) is 12.1 Å². The summed E-state index contributed by atoms with van der Waals surface area (Å²) >= 11 is 0. The van der Waals surface area contributed by atoms with E-state index in [0.717, 1.165) is 0 Å². The maximum absolute atomic E-state index is 11.8. The van der Waals surface area contributed by atoms with Crippen LogP contribution in [0, 0.1) is 0 Å². The largest absolute Gasteiger partial charge is 0.493 e. The molecule has 0 fully saturated rings. The molecule has 112 valence electrons. The van der Waals surface area contributed by atoms with Gasteiger partial charge in [-0.15, -0.1) is 0 Å². The minimum Gasteiger partial charge on any atom is -0.493 e. The summed E-state index contributed by atoms with van der Waals surface area (Å²) < 4.78 is 10.3. The van der Waals surface area contributed by atoms with E-state index in [1.165, 1.54) is 20.3 Å². The quantitative estimate of drug-likeness (QED) is 0.660. The topological polar surface area (TPSA) is 108 Å². The predicted molar refractivity (Wildman–Crippen MR) is 76.8 cm³/mol. The van der Waals surface area contributed by atoms with Gasteiger partial charge in [-0.05, 0) is 12.1 Å². The van der Waals surface area contributed by atoms with Crippen LogP contribution in [0.4, 0.5) is 10.5 Å². The Hall–Kier alpha value is -2.90. The Morgan fingerprint density at radius 1 is 1.14 bits per heavy atom. The van der Waals surface area contributed by atoms with Gasteiger partial charge in [0.2, 0.25) is 0 Å². The summed E-state index contributed by atoms with van der Waals surface area (Å²) in [5, 5.41) is 10.3. The van der Waals surface area contributed by atoms with Crippen LogP contribution in [-0.4, -0.2) is 30.4 Å². The number of carbonyl (C=O) groups is 1. The summed E-state index contributed by atoms with van der Waals surface area (Å²) in [7, 11) is 3.05. The van der Waals surface area contributed by atoms with Crippen LogP contribution in [0.25, 0.3) is 0 Å². The number of H-pyrrole nitrogens is 2. The first-order valence-electron chi connectivity index (χ1n) is 6.16. The van der Waals surface area contributed by atoms with Gasteiger partial charge in [-0.2, -0.15) is 0 Å². The number of nitrogens with one attached hydrogen (secondary N) is 4. The van der Waals surface area contributed by atoms with Crippen molar-refractivity contribution in [3.05, 3.63) is 40.3 Å². The van der Waals surface area contributed by atoms with E-state index >= 15 is 0 Å². The number of ether oxygens (including phenoxy) is 2. The molecule has 0 bridgehead atoms. The van der Waals surface area contributed by atoms with Crippen LogP contribution in [0.5, 0.6) is 11.5 Å². The minimum atomic E-state index is -0.399. The number of amides is 2. The second-order valence-electron chi connectivity index (χ2n) is 4.16. The summed E-state index contributed by atoms with van der Waals surface area (Å²) in [5.74, 6) is 1.10. The van der Waals surface area contributed by atoms with Crippen LogP contribution in [0.15, 0.2) is 29.1 Å². The minimum absolute atomic E-state index is 0.206. The van der Waals surface area contributed by atoms with Gasteiger partial charge in [0.05, 0.1) is 26.5 Å². The van der Waals surface area contributed by atoms with Crippen LogP contribution in [-0.2, 0) is 6.54 Å². The fourth-order valence-electron chi connectivity index (χ4n) is 1.73. The van der Waals surface area contributed by atoms with Gasteiger partial charge in [-0.3, -0.25) is 9.89 Å². The van der Waals surface area contributed by atoms with E-state index in [9.17, 15) is 9.59 Å². The molecule has 2 amide bonds. The molecule has 1 heterocycles. The first kappa shape index (κ1) is 14.5. The highest BCUT2D eigenvalue weighted by Crippen LogP contribution is 2.29. The molecule has 8 nitrogen and oxygen atoms in total. The fraction of sp³-hybridized carbons (Fsp3) is 0.231. The molecule has 4 N–H and O–H groups in total. The van der Waals surface area contributed by atoms with Gasteiger partial charge in [0.15, 0.2) is 11.5 Å². The molecule has 0 aliphatic rings. The van der Waals surface area contributed by atoms with Crippen molar-refractivity contribution in [1.29, 1.82) is 0 Å². The smallest absolute Gasteiger partial charge is 0.319 e. The lowest BCUT2D eigenvalue weighted by atomic mass is 10.3. The van der Waals surface area contributed by atoms with Gasteiger partial charge in [0.1, 0.15) is 0 Å². The Kier molecular flexibility index (Phi) is 4.50. The zero-order chi connectivity index (χ0) is 15.2. The van der Waals surface area contributed by atoms with Crippen LogP contribution < -0.4 is 25.7 Å². The molecular formula is C13H16N4O4. The predicted octanol–water partition coefficient (Wildman–Crippen LogP) is 1.04. The Morgan fingerprint density at radius 3 is 2.52 bits per heavy atom. The maximum Gasteiger partial charge on any atom is 0.319 e. The molecule has 0 saturated heterocycles. The first-order valence-corrected chi connectivity index (χ1v) is 6.16. The Labute approximate surface area is 120 Å². The van der Waals surface area contributed by atoms with Crippen LogP contribution in [0.3, 0.4) is 0 Å². The van der Waals surface area contributed by atoms with Crippen LogP contribution >= 0.6 is 0 Å². The molecule has 0 aliphatic carbocycles. The molecule has 0 unspecified atom stereocenters. The van der Waals surface area contributed by atoms with Gasteiger partial charge in [-0.25, -0.2) is 4.79 Å². The summed E-state index contributed by atoms with van der Waals surface area (Å²) in [6.45, 7) is 0.206. The number of anilines is 1. The van der Waals surface area contributed by atoms with Crippen molar-refractivity contribution >= 4 is 11.7 Å². The number of hydrogen-bond donors (Lipinski definition) is 4. The van der Waals surface area contributed by atoms with Gasteiger partial charge in [0, 0.05) is 17.8 Å². The van der Waals surface area contributed by atoms with Crippen molar-refractivity contribution in [3.63, 3.8) is 0 Å². The third-order valence-electron chi connectivity index (χ3n) is 2.73. The van der Waals surface area contributed by atoms with Gasteiger partial charge < -0.3 is 25.2 Å². The first-order chi connectivity index (χ1) is 10.1. The number of urea groups is 1. The van der Waals surface area contributed by atoms with E-state index in [2.05, 4.69) is 20.8 Å². The highest BCUT2D eigenvalue weighted by atomic mass is 16.5. The van der Waals surface area contributed by atoms with Crippen molar-refractivity contribution in [1.82, 2.24) is 15.5 Å². The standard InChI is InChI=1S/C13H16N4O4/c1-20-10-4-3-8(5-11(10)21-2)15-13(19)14-7-9-6-12(18)17-16-9/h3-6H,7H2,1-2H3,(H2,14,15,19)(H2,16,17,18). The van der Waals surface area contributed by atoms with Crippen LogP contribution in [0.2, 0.25) is 0 Å². The number of aromatic nitrogens is 2. The average Bonchev–Trinajstić information content (AvgIpc) is 2.90. The molecule has 1 aromatic carbocycles. The van der Waals surface area contributed by atoms with Gasteiger partial charge >= 0.3 is 6.03 Å². The molecular weight excluding hydrogens is 276 g/mol. The molecule has 0 atom stereocenters. The number of benzene rings is 1. The molecule has 21 heavy (non-hydrogen) atoms. The van der Waals surface area contributed by atoms with E-state index in [1.807, 2.05) is 0 Å². The molecule has 2 rings (SSSR count). The monoisotopic (exact) mass is 292 g/mol. The van der Waals surface area contributed by atoms with E-state index in [1.54, 1.807) is 18.2 Å². The Morgan fingerprint density at radius 2 is 1.90 bits per heavy atom. The van der Waals surface area contributed by atoms with Crippen molar-refractivity contribution in [2.24, 2.45) is 0 Å². The molecule has 0 saturated carbocycles. The van der Waals surface area contributed by atoms with Crippen molar-refractivity contribution < 1.29 is 14.3 Å². The fourth-order valence-corrected chi connectivity index (χ4v) is 1.73. The molecule has 0 radical (unpaired) electrons. The second kappa shape index (κ2) is 6.51.